The Morgan fingerprint density at radius 1 is 1.24 bits per heavy atom. The van der Waals surface area contributed by atoms with Gasteiger partial charge in [0.1, 0.15) is 16.5 Å². The Bertz CT molecular complexity index is 586. The van der Waals surface area contributed by atoms with Crippen LogP contribution in [-0.2, 0) is 0 Å². The third-order valence-corrected chi connectivity index (χ3v) is 4.29. The molecule has 2 rings (SSSR count). The Morgan fingerprint density at radius 3 is 2.71 bits per heavy atom. The lowest BCUT2D eigenvalue weighted by atomic mass is 10.2. The predicted octanol–water partition coefficient (Wildman–Crippen LogP) is 3.28. The lowest BCUT2D eigenvalue weighted by Crippen LogP contribution is -2.18. The van der Waals surface area contributed by atoms with E-state index in [0.717, 1.165) is 40.0 Å². The molecule has 2 aromatic rings. The average molecular weight is 307 g/mol. The van der Waals surface area contributed by atoms with Gasteiger partial charge >= 0.3 is 0 Å². The van der Waals surface area contributed by atoms with E-state index in [1.54, 1.807) is 25.6 Å². The molecule has 5 nitrogen and oxygen atoms in total. The van der Waals surface area contributed by atoms with Crippen molar-refractivity contribution in [1.29, 1.82) is 0 Å². The molecule has 0 fully saturated rings. The highest BCUT2D eigenvalue weighted by molar-refractivity contribution is 7.14. The molecule has 1 atom stereocenters. The van der Waals surface area contributed by atoms with Crippen LogP contribution in [0.4, 0.5) is 0 Å². The first-order valence-corrected chi connectivity index (χ1v) is 7.80. The SMILES string of the molecule is CCCNC(C)c1nnc(-c2ccc(OC)cc2OC)s1. The second kappa shape index (κ2) is 7.38. The number of methoxy groups -OCH3 is 2. The third kappa shape index (κ3) is 3.71. The second-order valence-electron chi connectivity index (χ2n) is 4.69. The Labute approximate surface area is 129 Å². The molecule has 114 valence electrons. The van der Waals surface area contributed by atoms with Gasteiger partial charge in [0, 0.05) is 6.07 Å². The molecule has 0 aliphatic carbocycles. The van der Waals surface area contributed by atoms with Gasteiger partial charge in [0.2, 0.25) is 0 Å². The van der Waals surface area contributed by atoms with Gasteiger partial charge < -0.3 is 14.8 Å². The zero-order chi connectivity index (χ0) is 15.2. The molecule has 1 N–H and O–H groups in total. The molecule has 1 aromatic heterocycles. The van der Waals surface area contributed by atoms with Crippen LogP contribution in [0.5, 0.6) is 11.5 Å². The molecule has 0 radical (unpaired) electrons. The molecule has 0 spiro atoms. The van der Waals surface area contributed by atoms with E-state index in [2.05, 4.69) is 29.4 Å². The highest BCUT2D eigenvalue weighted by Crippen LogP contribution is 2.35. The van der Waals surface area contributed by atoms with Gasteiger partial charge in [0.15, 0.2) is 5.01 Å². The van der Waals surface area contributed by atoms with Gasteiger partial charge in [0.05, 0.1) is 25.8 Å². The maximum absolute atomic E-state index is 5.42. The third-order valence-electron chi connectivity index (χ3n) is 3.15. The summed E-state index contributed by atoms with van der Waals surface area (Å²) in [5.41, 5.74) is 0.935. The first-order chi connectivity index (χ1) is 10.2. The van der Waals surface area contributed by atoms with Crippen molar-refractivity contribution < 1.29 is 9.47 Å². The minimum Gasteiger partial charge on any atom is -0.497 e. The Hall–Kier alpha value is -1.66. The van der Waals surface area contributed by atoms with Crippen molar-refractivity contribution in [2.75, 3.05) is 20.8 Å². The van der Waals surface area contributed by atoms with Crippen molar-refractivity contribution in [3.05, 3.63) is 23.2 Å². The number of benzene rings is 1. The lowest BCUT2D eigenvalue weighted by molar-refractivity contribution is 0.395. The topological polar surface area (TPSA) is 56.3 Å². The van der Waals surface area contributed by atoms with Gasteiger partial charge in [0.25, 0.3) is 0 Å². The maximum atomic E-state index is 5.42. The van der Waals surface area contributed by atoms with Gasteiger partial charge in [-0.2, -0.15) is 0 Å². The van der Waals surface area contributed by atoms with Gasteiger partial charge in [-0.05, 0) is 32.0 Å². The Kier molecular flexibility index (Phi) is 5.52. The summed E-state index contributed by atoms with van der Waals surface area (Å²) < 4.78 is 10.6. The fraction of sp³-hybridized carbons (Fsp3) is 0.467. The summed E-state index contributed by atoms with van der Waals surface area (Å²) in [5, 5.41) is 13.8. The smallest absolute Gasteiger partial charge is 0.151 e. The van der Waals surface area contributed by atoms with E-state index in [0.29, 0.717) is 0 Å². The van der Waals surface area contributed by atoms with E-state index in [1.165, 1.54) is 0 Å². The highest BCUT2D eigenvalue weighted by Gasteiger charge is 2.15. The molecule has 1 heterocycles. The van der Waals surface area contributed by atoms with Crippen LogP contribution < -0.4 is 14.8 Å². The zero-order valence-electron chi connectivity index (χ0n) is 12.8. The molecule has 1 aromatic carbocycles. The van der Waals surface area contributed by atoms with Crippen LogP contribution in [0.2, 0.25) is 0 Å². The maximum Gasteiger partial charge on any atom is 0.151 e. The quantitative estimate of drug-likeness (QED) is 0.850. The summed E-state index contributed by atoms with van der Waals surface area (Å²) in [7, 11) is 3.28. The number of aromatic nitrogens is 2. The average Bonchev–Trinajstić information content (AvgIpc) is 3.01. The van der Waals surface area contributed by atoms with Crippen molar-refractivity contribution >= 4 is 11.3 Å². The molecule has 0 saturated carbocycles. The summed E-state index contributed by atoms with van der Waals surface area (Å²) in [5.74, 6) is 1.50. The fourth-order valence-corrected chi connectivity index (χ4v) is 2.84. The number of hydrogen-bond acceptors (Lipinski definition) is 6. The number of rotatable bonds is 7. The molecule has 6 heteroatoms. The van der Waals surface area contributed by atoms with Crippen molar-refractivity contribution in [1.82, 2.24) is 15.5 Å². The van der Waals surface area contributed by atoms with Crippen LogP contribution in [0, 0.1) is 0 Å². The van der Waals surface area contributed by atoms with Gasteiger partial charge in [-0.15, -0.1) is 10.2 Å². The molecule has 0 aliphatic heterocycles. The minimum absolute atomic E-state index is 0.209. The van der Waals surface area contributed by atoms with Crippen molar-refractivity contribution in [3.63, 3.8) is 0 Å². The van der Waals surface area contributed by atoms with Crippen molar-refractivity contribution in [3.8, 4) is 22.1 Å². The van der Waals surface area contributed by atoms with Crippen molar-refractivity contribution in [2.45, 2.75) is 26.3 Å². The van der Waals surface area contributed by atoms with Crippen LogP contribution in [0.25, 0.3) is 10.6 Å². The van der Waals surface area contributed by atoms with Gasteiger partial charge in [-0.1, -0.05) is 18.3 Å². The largest absolute Gasteiger partial charge is 0.497 e. The van der Waals surface area contributed by atoms with Crippen LogP contribution in [-0.4, -0.2) is 31.0 Å². The Balaban J connectivity index is 2.24. The molecule has 0 bridgehead atoms. The summed E-state index contributed by atoms with van der Waals surface area (Å²) in [6.07, 6.45) is 1.10. The zero-order valence-corrected chi connectivity index (χ0v) is 13.7. The molecule has 1 unspecified atom stereocenters. The van der Waals surface area contributed by atoms with Gasteiger partial charge in [-0.25, -0.2) is 0 Å². The number of hydrogen-bond donors (Lipinski definition) is 1. The predicted molar refractivity (Wildman–Crippen MR) is 85.2 cm³/mol. The summed E-state index contributed by atoms with van der Waals surface area (Å²) >= 11 is 1.58. The minimum atomic E-state index is 0.209. The molecular formula is C15H21N3O2S. The van der Waals surface area contributed by atoms with E-state index in [4.69, 9.17) is 9.47 Å². The summed E-state index contributed by atoms with van der Waals surface area (Å²) in [6, 6.07) is 5.92. The number of nitrogens with zero attached hydrogens (tertiary/aromatic N) is 2. The lowest BCUT2D eigenvalue weighted by Gasteiger charge is -2.09. The summed E-state index contributed by atoms with van der Waals surface area (Å²) in [6.45, 7) is 5.22. The fourth-order valence-electron chi connectivity index (χ4n) is 1.94. The van der Waals surface area contributed by atoms with Crippen LogP contribution >= 0.6 is 11.3 Å². The number of nitrogens with one attached hydrogen (secondary N) is 1. The second-order valence-corrected chi connectivity index (χ2v) is 5.70. The van der Waals surface area contributed by atoms with Crippen molar-refractivity contribution in [2.24, 2.45) is 0 Å². The van der Waals surface area contributed by atoms with E-state index in [1.807, 2.05) is 18.2 Å². The summed E-state index contributed by atoms with van der Waals surface area (Å²) in [4.78, 5) is 0. The molecule has 0 amide bonds. The van der Waals surface area contributed by atoms with E-state index in [-0.39, 0.29) is 6.04 Å². The van der Waals surface area contributed by atoms with Crippen LogP contribution in [0.3, 0.4) is 0 Å². The van der Waals surface area contributed by atoms with Crippen LogP contribution in [0.1, 0.15) is 31.3 Å². The highest BCUT2D eigenvalue weighted by atomic mass is 32.1. The Morgan fingerprint density at radius 2 is 2.05 bits per heavy atom. The monoisotopic (exact) mass is 307 g/mol. The molecule has 21 heavy (non-hydrogen) atoms. The normalized spacial score (nSPS) is 12.2. The first kappa shape index (κ1) is 15.7. The van der Waals surface area contributed by atoms with E-state index >= 15 is 0 Å². The van der Waals surface area contributed by atoms with E-state index < -0.39 is 0 Å². The molecule has 0 saturated heterocycles. The molecular weight excluding hydrogens is 286 g/mol. The van der Waals surface area contributed by atoms with Crippen LogP contribution in [0.15, 0.2) is 18.2 Å². The van der Waals surface area contributed by atoms with E-state index in [9.17, 15) is 0 Å². The first-order valence-electron chi connectivity index (χ1n) is 6.98. The standard InChI is InChI=1S/C15H21N3O2S/c1-5-8-16-10(2)14-17-18-15(21-14)12-7-6-11(19-3)9-13(12)20-4/h6-7,9-10,16H,5,8H2,1-4H3. The molecule has 0 aliphatic rings. The van der Waals surface area contributed by atoms with Gasteiger partial charge in [-0.3, -0.25) is 0 Å². The number of ether oxygens (including phenoxy) is 2.